The Morgan fingerprint density at radius 2 is 2.22 bits per heavy atom. The summed E-state index contributed by atoms with van der Waals surface area (Å²) in [4.78, 5) is 29.3. The minimum absolute atomic E-state index is 0.0524. The predicted molar refractivity (Wildman–Crippen MR) is 67.2 cm³/mol. The fourth-order valence-electron chi connectivity index (χ4n) is 2.41. The Hall–Kier alpha value is -1.43. The third-order valence-electron chi connectivity index (χ3n) is 3.07. The van der Waals surface area contributed by atoms with Crippen LogP contribution in [-0.4, -0.2) is 32.4 Å². The van der Waals surface area contributed by atoms with Crippen LogP contribution < -0.4 is 0 Å². The Morgan fingerprint density at radius 1 is 1.56 bits per heavy atom. The van der Waals surface area contributed by atoms with E-state index in [1.165, 1.54) is 11.3 Å². The van der Waals surface area contributed by atoms with E-state index in [4.69, 9.17) is 0 Å². The van der Waals surface area contributed by atoms with Crippen LogP contribution in [0.15, 0.2) is 11.6 Å². The maximum absolute atomic E-state index is 12.1. The van der Waals surface area contributed by atoms with E-state index >= 15 is 0 Å². The molecule has 0 spiro atoms. The number of carbonyl (C=O) groups excluding carboxylic acids is 1. The molecule has 1 N–H and O–H groups in total. The van der Waals surface area contributed by atoms with E-state index in [0.717, 1.165) is 0 Å². The first kappa shape index (κ1) is 13.0. The predicted octanol–water partition coefficient (Wildman–Crippen LogP) is 1.92. The zero-order chi connectivity index (χ0) is 13.5. The number of carboxylic acid groups (broad SMARTS) is 1. The Balaban J connectivity index is 2.45. The molecule has 0 aliphatic carbocycles. The van der Waals surface area contributed by atoms with Crippen molar-refractivity contribution >= 4 is 23.2 Å². The molecule has 98 valence electrons. The Kier molecular flexibility index (Phi) is 3.14. The van der Waals surface area contributed by atoms with Gasteiger partial charge in [-0.05, 0) is 20.8 Å². The van der Waals surface area contributed by atoms with Gasteiger partial charge in [-0.2, -0.15) is 0 Å². The molecule has 2 unspecified atom stereocenters. The van der Waals surface area contributed by atoms with Gasteiger partial charge in [0.15, 0.2) is 0 Å². The number of hydrogen-bond acceptors (Lipinski definition) is 4. The van der Waals surface area contributed by atoms with Gasteiger partial charge in [0, 0.05) is 23.5 Å². The van der Waals surface area contributed by atoms with Crippen LogP contribution in [0.5, 0.6) is 0 Å². The molecule has 2 atom stereocenters. The summed E-state index contributed by atoms with van der Waals surface area (Å²) in [6, 6.07) is -0.449. The van der Waals surface area contributed by atoms with Crippen molar-refractivity contribution in [2.24, 2.45) is 5.92 Å². The van der Waals surface area contributed by atoms with E-state index < -0.39 is 23.5 Å². The molecule has 5 nitrogen and oxygen atoms in total. The first-order chi connectivity index (χ1) is 8.32. The molecule has 18 heavy (non-hydrogen) atoms. The number of carboxylic acids is 1. The van der Waals surface area contributed by atoms with Crippen LogP contribution in [0.1, 0.15) is 38.2 Å². The number of nitrogens with zero attached hydrogens (tertiary/aromatic N) is 2. The van der Waals surface area contributed by atoms with E-state index in [9.17, 15) is 14.7 Å². The third-order valence-corrected chi connectivity index (χ3v) is 3.91. The lowest BCUT2D eigenvalue weighted by atomic mass is 9.98. The quantitative estimate of drug-likeness (QED) is 0.889. The summed E-state index contributed by atoms with van der Waals surface area (Å²) in [5.41, 5.74) is -0.405. The number of thiazole rings is 1. The third kappa shape index (κ3) is 2.12. The molecule has 1 amide bonds. The van der Waals surface area contributed by atoms with Gasteiger partial charge in [0.25, 0.3) is 0 Å². The lowest BCUT2D eigenvalue weighted by molar-refractivity contribution is -0.142. The average Bonchev–Trinajstić information content (AvgIpc) is 2.81. The molecular formula is C12H16N2O3S. The highest BCUT2D eigenvalue weighted by atomic mass is 32.1. The van der Waals surface area contributed by atoms with Crippen molar-refractivity contribution in [2.75, 3.05) is 0 Å². The summed E-state index contributed by atoms with van der Waals surface area (Å²) >= 11 is 1.39. The maximum Gasteiger partial charge on any atom is 0.309 e. The largest absolute Gasteiger partial charge is 0.481 e. The minimum Gasteiger partial charge on any atom is -0.481 e. The van der Waals surface area contributed by atoms with Crippen molar-refractivity contribution in [3.05, 3.63) is 16.6 Å². The van der Waals surface area contributed by atoms with Crippen molar-refractivity contribution in [3.63, 3.8) is 0 Å². The SMILES string of the molecule is CC(C)(C)N1C(=O)CC(C(=O)O)C1c1nccs1. The number of likely N-dealkylation sites (tertiary alicyclic amines) is 1. The topological polar surface area (TPSA) is 70.5 Å². The van der Waals surface area contributed by atoms with E-state index in [-0.39, 0.29) is 12.3 Å². The summed E-state index contributed by atoms with van der Waals surface area (Å²) < 4.78 is 0. The summed E-state index contributed by atoms with van der Waals surface area (Å²) in [6.07, 6.45) is 1.69. The highest BCUT2D eigenvalue weighted by Crippen LogP contribution is 2.42. The molecular weight excluding hydrogens is 252 g/mol. The van der Waals surface area contributed by atoms with Crippen molar-refractivity contribution in [3.8, 4) is 0 Å². The van der Waals surface area contributed by atoms with Gasteiger partial charge in [0.2, 0.25) is 5.91 Å². The van der Waals surface area contributed by atoms with Crippen molar-refractivity contribution in [1.82, 2.24) is 9.88 Å². The average molecular weight is 268 g/mol. The normalized spacial score (nSPS) is 24.6. The number of hydrogen-bond donors (Lipinski definition) is 1. The van der Waals surface area contributed by atoms with Crippen LogP contribution >= 0.6 is 11.3 Å². The van der Waals surface area contributed by atoms with Gasteiger partial charge in [0.1, 0.15) is 5.01 Å². The fourth-order valence-corrected chi connectivity index (χ4v) is 3.20. The van der Waals surface area contributed by atoms with Gasteiger partial charge in [-0.25, -0.2) is 4.98 Å². The van der Waals surface area contributed by atoms with Crippen LogP contribution in [0.4, 0.5) is 0 Å². The molecule has 1 aliphatic rings. The fraction of sp³-hybridized carbons (Fsp3) is 0.583. The van der Waals surface area contributed by atoms with Crippen molar-refractivity contribution in [2.45, 2.75) is 38.8 Å². The van der Waals surface area contributed by atoms with Crippen LogP contribution in [0.2, 0.25) is 0 Å². The van der Waals surface area contributed by atoms with E-state index in [0.29, 0.717) is 5.01 Å². The standard InChI is InChI=1S/C12H16N2O3S/c1-12(2,3)14-8(15)6-7(11(16)17)9(14)10-13-4-5-18-10/h4-5,7,9H,6H2,1-3H3,(H,16,17). The molecule has 0 radical (unpaired) electrons. The summed E-state index contributed by atoms with van der Waals surface area (Å²) in [6.45, 7) is 5.74. The second-order valence-electron chi connectivity index (χ2n) is 5.40. The Bertz CT molecular complexity index is 464. The van der Waals surface area contributed by atoms with Gasteiger partial charge >= 0.3 is 5.97 Å². The number of rotatable bonds is 2. The lowest BCUT2D eigenvalue weighted by Gasteiger charge is -2.37. The summed E-state index contributed by atoms with van der Waals surface area (Å²) in [5.74, 6) is -1.76. The molecule has 1 aliphatic heterocycles. The molecule has 1 aromatic rings. The Labute approximate surface area is 109 Å². The van der Waals surface area contributed by atoms with Gasteiger partial charge in [-0.15, -0.1) is 11.3 Å². The number of carbonyl (C=O) groups is 2. The van der Waals surface area contributed by atoms with Crippen molar-refractivity contribution < 1.29 is 14.7 Å². The zero-order valence-electron chi connectivity index (χ0n) is 10.6. The van der Waals surface area contributed by atoms with Crippen LogP contribution in [0.3, 0.4) is 0 Å². The van der Waals surface area contributed by atoms with Gasteiger partial charge in [0.05, 0.1) is 12.0 Å². The highest BCUT2D eigenvalue weighted by Gasteiger charge is 2.49. The molecule has 2 heterocycles. The lowest BCUT2D eigenvalue weighted by Crippen LogP contribution is -2.44. The Morgan fingerprint density at radius 3 is 2.67 bits per heavy atom. The van der Waals surface area contributed by atoms with E-state index in [1.807, 2.05) is 20.8 Å². The molecule has 1 saturated heterocycles. The highest BCUT2D eigenvalue weighted by molar-refractivity contribution is 7.09. The number of aromatic nitrogens is 1. The molecule has 2 rings (SSSR count). The first-order valence-corrected chi connectivity index (χ1v) is 6.64. The smallest absolute Gasteiger partial charge is 0.309 e. The van der Waals surface area contributed by atoms with Gasteiger partial charge in [-0.3, -0.25) is 9.59 Å². The van der Waals surface area contributed by atoms with E-state index in [1.54, 1.807) is 16.5 Å². The molecule has 0 bridgehead atoms. The first-order valence-electron chi connectivity index (χ1n) is 5.76. The zero-order valence-corrected chi connectivity index (χ0v) is 11.4. The second kappa shape index (κ2) is 4.35. The summed E-state index contributed by atoms with van der Waals surface area (Å²) in [5, 5.41) is 11.8. The number of amides is 1. The monoisotopic (exact) mass is 268 g/mol. The maximum atomic E-state index is 12.1. The summed E-state index contributed by atoms with van der Waals surface area (Å²) in [7, 11) is 0. The number of aliphatic carboxylic acids is 1. The molecule has 1 fully saturated rings. The van der Waals surface area contributed by atoms with Gasteiger partial charge < -0.3 is 10.0 Å². The second-order valence-corrected chi connectivity index (χ2v) is 6.32. The molecule has 0 aromatic carbocycles. The molecule has 0 saturated carbocycles. The van der Waals surface area contributed by atoms with Crippen LogP contribution in [-0.2, 0) is 9.59 Å². The minimum atomic E-state index is -0.935. The molecule has 6 heteroatoms. The van der Waals surface area contributed by atoms with E-state index in [2.05, 4.69) is 4.98 Å². The van der Waals surface area contributed by atoms with Crippen LogP contribution in [0.25, 0.3) is 0 Å². The van der Waals surface area contributed by atoms with Gasteiger partial charge in [-0.1, -0.05) is 0 Å². The van der Waals surface area contributed by atoms with Crippen LogP contribution in [0, 0.1) is 5.92 Å². The molecule has 1 aromatic heterocycles. The van der Waals surface area contributed by atoms with Crippen molar-refractivity contribution in [1.29, 1.82) is 0 Å².